The zero-order valence-corrected chi connectivity index (χ0v) is 8.83. The highest BCUT2D eigenvalue weighted by Gasteiger charge is 2.12. The Kier molecular flexibility index (Phi) is 2.84. The fourth-order valence-electron chi connectivity index (χ4n) is 1.55. The summed E-state index contributed by atoms with van der Waals surface area (Å²) in [5.41, 5.74) is 1.28. The summed E-state index contributed by atoms with van der Waals surface area (Å²) in [4.78, 5) is 4.18. The molecule has 1 aliphatic rings. The average molecular weight is 213 g/mol. The molecule has 0 amide bonds. The van der Waals surface area contributed by atoms with Gasteiger partial charge in [-0.2, -0.15) is 5.10 Å². The van der Waals surface area contributed by atoms with Gasteiger partial charge >= 0.3 is 0 Å². The van der Waals surface area contributed by atoms with Gasteiger partial charge in [-0.3, -0.25) is 4.68 Å². The summed E-state index contributed by atoms with van der Waals surface area (Å²) in [5.74, 6) is 0.976. The number of halogens is 1. The van der Waals surface area contributed by atoms with Crippen LogP contribution in [0.5, 0.6) is 0 Å². The normalized spacial score (nSPS) is 22.1. The Morgan fingerprint density at radius 3 is 3.21 bits per heavy atom. The average Bonchev–Trinajstić information content (AvgIpc) is 2.52. The Morgan fingerprint density at radius 2 is 2.57 bits per heavy atom. The first-order valence-corrected chi connectivity index (χ1v) is 5.06. The van der Waals surface area contributed by atoms with Crippen LogP contribution < -0.4 is 5.32 Å². The molecule has 1 unspecified atom stereocenters. The first-order chi connectivity index (χ1) is 6.75. The van der Waals surface area contributed by atoms with E-state index in [-0.39, 0.29) is 5.38 Å². The lowest BCUT2D eigenvalue weighted by Crippen LogP contribution is -2.30. The van der Waals surface area contributed by atoms with Crippen LogP contribution in [0, 0.1) is 0 Å². The van der Waals surface area contributed by atoms with Crippen molar-refractivity contribution in [2.45, 2.75) is 11.8 Å². The highest BCUT2D eigenvalue weighted by atomic mass is 35.5. The van der Waals surface area contributed by atoms with E-state index in [0.29, 0.717) is 0 Å². The fourth-order valence-corrected chi connectivity index (χ4v) is 1.84. The van der Waals surface area contributed by atoms with Gasteiger partial charge in [-0.25, -0.2) is 4.98 Å². The molecule has 14 heavy (non-hydrogen) atoms. The largest absolute Gasteiger partial charge is 0.311 e. The van der Waals surface area contributed by atoms with Crippen LogP contribution in [-0.2, 0) is 13.5 Å². The van der Waals surface area contributed by atoms with Crippen molar-refractivity contribution in [2.75, 3.05) is 13.1 Å². The van der Waals surface area contributed by atoms with Gasteiger partial charge < -0.3 is 5.32 Å². The van der Waals surface area contributed by atoms with Gasteiger partial charge in [0.05, 0.1) is 5.38 Å². The SMILES string of the molecule is Cn1ncnc1CC1=CC(Cl)CNC1. The predicted octanol–water partition coefficient (Wildman–Crippen LogP) is 0.495. The molecule has 1 atom stereocenters. The topological polar surface area (TPSA) is 42.7 Å². The molecule has 2 rings (SSSR count). The minimum atomic E-state index is 0.104. The second kappa shape index (κ2) is 4.11. The minimum absolute atomic E-state index is 0.104. The summed E-state index contributed by atoms with van der Waals surface area (Å²) >= 11 is 6.01. The van der Waals surface area contributed by atoms with Crippen molar-refractivity contribution >= 4 is 11.6 Å². The lowest BCUT2D eigenvalue weighted by molar-refractivity contribution is 0.666. The van der Waals surface area contributed by atoms with E-state index in [1.54, 1.807) is 11.0 Å². The number of nitrogens with one attached hydrogen (secondary N) is 1. The summed E-state index contributed by atoms with van der Waals surface area (Å²) in [6, 6.07) is 0. The first kappa shape index (κ1) is 9.68. The van der Waals surface area contributed by atoms with E-state index in [4.69, 9.17) is 11.6 Å². The summed E-state index contributed by atoms with van der Waals surface area (Å²) in [6.45, 7) is 1.75. The lowest BCUT2D eigenvalue weighted by Gasteiger charge is -2.17. The highest BCUT2D eigenvalue weighted by molar-refractivity contribution is 6.22. The summed E-state index contributed by atoms with van der Waals surface area (Å²) in [7, 11) is 1.90. The Bertz CT molecular complexity index is 344. The van der Waals surface area contributed by atoms with E-state index >= 15 is 0 Å². The molecule has 0 bridgehead atoms. The van der Waals surface area contributed by atoms with Crippen molar-refractivity contribution in [2.24, 2.45) is 7.05 Å². The van der Waals surface area contributed by atoms with Gasteiger partial charge in [0.2, 0.25) is 0 Å². The summed E-state index contributed by atoms with van der Waals surface area (Å²) in [6.07, 6.45) is 4.50. The molecule has 0 saturated carbocycles. The van der Waals surface area contributed by atoms with Crippen LogP contribution in [0.4, 0.5) is 0 Å². The van der Waals surface area contributed by atoms with Crippen LogP contribution in [0.1, 0.15) is 5.82 Å². The molecule has 1 aromatic heterocycles. The molecule has 4 nitrogen and oxygen atoms in total. The molecule has 0 aliphatic carbocycles. The quantitative estimate of drug-likeness (QED) is 0.574. The van der Waals surface area contributed by atoms with Crippen molar-refractivity contribution in [1.29, 1.82) is 0 Å². The number of rotatable bonds is 2. The van der Waals surface area contributed by atoms with E-state index in [9.17, 15) is 0 Å². The lowest BCUT2D eigenvalue weighted by atomic mass is 10.1. The maximum Gasteiger partial charge on any atom is 0.138 e. The smallest absolute Gasteiger partial charge is 0.138 e. The minimum Gasteiger partial charge on any atom is -0.311 e. The standard InChI is InChI=1S/C9H13ClN4/c1-14-9(12-6-13-14)3-7-2-8(10)5-11-4-7/h2,6,8,11H,3-5H2,1H3. The Hall–Kier alpha value is -0.870. The molecule has 0 spiro atoms. The molecule has 0 saturated heterocycles. The van der Waals surface area contributed by atoms with Crippen LogP contribution in [0.15, 0.2) is 18.0 Å². The molecule has 0 aromatic carbocycles. The molecule has 0 fully saturated rings. The molecule has 76 valence electrons. The fraction of sp³-hybridized carbons (Fsp3) is 0.556. The zero-order valence-electron chi connectivity index (χ0n) is 8.07. The second-order valence-electron chi connectivity index (χ2n) is 3.45. The third-order valence-corrected chi connectivity index (χ3v) is 2.58. The van der Waals surface area contributed by atoms with Gasteiger partial charge in [0.15, 0.2) is 0 Å². The zero-order chi connectivity index (χ0) is 9.97. The van der Waals surface area contributed by atoms with Crippen LogP contribution in [0.2, 0.25) is 0 Å². The summed E-state index contributed by atoms with van der Waals surface area (Å²) in [5, 5.41) is 7.39. The maximum absolute atomic E-state index is 6.01. The van der Waals surface area contributed by atoms with E-state index in [1.165, 1.54) is 5.57 Å². The third kappa shape index (κ3) is 2.13. The van der Waals surface area contributed by atoms with Crippen LogP contribution in [0.25, 0.3) is 0 Å². The summed E-state index contributed by atoms with van der Waals surface area (Å²) < 4.78 is 1.79. The van der Waals surface area contributed by atoms with E-state index in [0.717, 1.165) is 25.3 Å². The Morgan fingerprint density at radius 1 is 1.71 bits per heavy atom. The molecule has 2 heterocycles. The van der Waals surface area contributed by atoms with Crippen LogP contribution in [0.3, 0.4) is 0 Å². The number of hydrogen-bond acceptors (Lipinski definition) is 3. The second-order valence-corrected chi connectivity index (χ2v) is 4.01. The predicted molar refractivity (Wildman–Crippen MR) is 55.3 cm³/mol. The third-order valence-electron chi connectivity index (χ3n) is 2.30. The number of hydrogen-bond donors (Lipinski definition) is 1. The van der Waals surface area contributed by atoms with Crippen molar-refractivity contribution in [1.82, 2.24) is 20.1 Å². The monoisotopic (exact) mass is 212 g/mol. The molecule has 1 aliphatic heterocycles. The Labute approximate surface area is 88.0 Å². The highest BCUT2D eigenvalue weighted by Crippen LogP contribution is 2.11. The number of alkyl halides is 1. The molecule has 0 radical (unpaired) electrons. The van der Waals surface area contributed by atoms with Crippen molar-refractivity contribution in [3.05, 3.63) is 23.8 Å². The maximum atomic E-state index is 6.01. The van der Waals surface area contributed by atoms with Gasteiger partial charge in [-0.15, -0.1) is 11.6 Å². The van der Waals surface area contributed by atoms with Gasteiger partial charge in [0, 0.05) is 26.6 Å². The first-order valence-electron chi connectivity index (χ1n) is 4.63. The van der Waals surface area contributed by atoms with E-state index in [1.807, 2.05) is 7.05 Å². The molecule has 1 aromatic rings. The van der Waals surface area contributed by atoms with Gasteiger partial charge in [-0.05, 0) is 0 Å². The van der Waals surface area contributed by atoms with Gasteiger partial charge in [-0.1, -0.05) is 11.6 Å². The molecule has 5 heteroatoms. The molecular formula is C9H13ClN4. The van der Waals surface area contributed by atoms with Crippen molar-refractivity contribution in [3.63, 3.8) is 0 Å². The van der Waals surface area contributed by atoms with Crippen LogP contribution >= 0.6 is 11.6 Å². The number of nitrogens with zero attached hydrogens (tertiary/aromatic N) is 3. The van der Waals surface area contributed by atoms with Crippen molar-refractivity contribution in [3.8, 4) is 0 Å². The van der Waals surface area contributed by atoms with Gasteiger partial charge in [0.1, 0.15) is 12.2 Å². The van der Waals surface area contributed by atoms with Crippen LogP contribution in [-0.4, -0.2) is 33.2 Å². The number of aryl methyl sites for hydroxylation is 1. The van der Waals surface area contributed by atoms with E-state index < -0.39 is 0 Å². The Balaban J connectivity index is 2.07. The molecular weight excluding hydrogens is 200 g/mol. The van der Waals surface area contributed by atoms with Crippen molar-refractivity contribution < 1.29 is 0 Å². The van der Waals surface area contributed by atoms with Gasteiger partial charge in [0.25, 0.3) is 0 Å². The number of aromatic nitrogens is 3. The molecule has 1 N–H and O–H groups in total. The van der Waals surface area contributed by atoms with E-state index in [2.05, 4.69) is 21.5 Å².